The highest BCUT2D eigenvalue weighted by atomic mass is 35.7. The van der Waals surface area contributed by atoms with Crippen molar-refractivity contribution < 1.29 is 17.9 Å². The topological polar surface area (TPSA) is 70.4 Å². The van der Waals surface area contributed by atoms with Crippen LogP contribution >= 0.6 is 22.3 Å². The first kappa shape index (κ1) is 18.6. The van der Waals surface area contributed by atoms with Gasteiger partial charge in [-0.25, -0.2) is 13.1 Å². The van der Waals surface area contributed by atoms with Crippen LogP contribution in [0.5, 0.6) is 11.5 Å². The molecule has 0 aliphatic heterocycles. The maximum atomic E-state index is 11.9. The van der Waals surface area contributed by atoms with Crippen molar-refractivity contribution >= 4 is 31.3 Å². The number of methoxy groups -OCH3 is 2. The minimum atomic E-state index is -4.03. The predicted molar refractivity (Wildman–Crippen MR) is 100 cm³/mol. The van der Waals surface area contributed by atoms with Crippen molar-refractivity contribution in [1.82, 2.24) is 9.78 Å². The van der Waals surface area contributed by atoms with E-state index in [0.717, 1.165) is 0 Å². The first-order chi connectivity index (χ1) is 12.4. The lowest BCUT2D eigenvalue weighted by Gasteiger charge is -2.15. The number of hydrogen-bond donors (Lipinski definition) is 0. The van der Waals surface area contributed by atoms with Crippen LogP contribution in [0.1, 0.15) is 0 Å². The second-order valence-corrected chi connectivity index (χ2v) is 8.16. The molecule has 0 N–H and O–H groups in total. The average molecular weight is 413 g/mol. The third-order valence-electron chi connectivity index (χ3n) is 3.75. The van der Waals surface area contributed by atoms with Crippen molar-refractivity contribution in [2.45, 2.75) is 4.90 Å². The van der Waals surface area contributed by atoms with Gasteiger partial charge in [0, 0.05) is 22.3 Å². The largest absolute Gasteiger partial charge is 0.496 e. The van der Waals surface area contributed by atoms with Gasteiger partial charge < -0.3 is 9.47 Å². The molecule has 9 heteroatoms. The Balaban J connectivity index is 2.29. The van der Waals surface area contributed by atoms with Crippen LogP contribution in [0.3, 0.4) is 0 Å². The molecule has 0 fully saturated rings. The minimum absolute atomic E-state index is 0.0874. The standard InChI is InChI=1S/C17H14Cl2N2O4S/c1-24-15-10-16(25-2)17(26(19,22)23)9-11(15)13-7-8-20-21(13)14-6-4-3-5-12(14)18/h3-10H,1-2H3. The maximum absolute atomic E-state index is 11.9. The van der Waals surface area contributed by atoms with Crippen LogP contribution in [0.4, 0.5) is 0 Å². The molecule has 6 nitrogen and oxygen atoms in total. The van der Waals surface area contributed by atoms with Gasteiger partial charge in [-0.15, -0.1) is 0 Å². The first-order valence-electron chi connectivity index (χ1n) is 7.36. The highest BCUT2D eigenvalue weighted by Gasteiger charge is 2.23. The molecule has 0 spiro atoms. The van der Waals surface area contributed by atoms with Crippen molar-refractivity contribution in [3.8, 4) is 28.4 Å². The molecule has 0 unspecified atom stereocenters. The van der Waals surface area contributed by atoms with Gasteiger partial charge in [-0.2, -0.15) is 5.10 Å². The summed E-state index contributed by atoms with van der Waals surface area (Å²) in [6.07, 6.45) is 1.58. The third kappa shape index (κ3) is 3.38. The smallest absolute Gasteiger partial charge is 0.265 e. The lowest BCUT2D eigenvalue weighted by molar-refractivity contribution is 0.387. The number of nitrogens with zero attached hydrogens (tertiary/aromatic N) is 2. The van der Waals surface area contributed by atoms with Gasteiger partial charge in [0.2, 0.25) is 0 Å². The normalized spacial score (nSPS) is 11.4. The lowest BCUT2D eigenvalue weighted by atomic mass is 10.1. The van der Waals surface area contributed by atoms with Gasteiger partial charge in [0.05, 0.1) is 36.8 Å². The molecule has 3 aromatic rings. The maximum Gasteiger partial charge on any atom is 0.265 e. The molecule has 0 amide bonds. The third-order valence-corrected chi connectivity index (χ3v) is 5.41. The van der Waals surface area contributed by atoms with Crippen LogP contribution in [0.15, 0.2) is 53.6 Å². The monoisotopic (exact) mass is 412 g/mol. The number of ether oxygens (including phenoxy) is 2. The average Bonchev–Trinajstić information content (AvgIpc) is 3.09. The molecule has 0 saturated heterocycles. The van der Waals surface area contributed by atoms with E-state index in [2.05, 4.69) is 5.10 Å². The van der Waals surface area contributed by atoms with Crippen LogP contribution < -0.4 is 9.47 Å². The van der Waals surface area contributed by atoms with Crippen molar-refractivity contribution in [2.75, 3.05) is 14.2 Å². The van der Waals surface area contributed by atoms with E-state index in [1.165, 1.54) is 26.4 Å². The van der Waals surface area contributed by atoms with Crippen molar-refractivity contribution in [3.63, 3.8) is 0 Å². The molecule has 0 aliphatic carbocycles. The zero-order chi connectivity index (χ0) is 18.9. The molecule has 1 aromatic heterocycles. The summed E-state index contributed by atoms with van der Waals surface area (Å²) in [5.41, 5.74) is 1.70. The summed E-state index contributed by atoms with van der Waals surface area (Å²) in [6.45, 7) is 0. The molecular formula is C17H14Cl2N2O4S. The summed E-state index contributed by atoms with van der Waals surface area (Å²) >= 11 is 6.27. The van der Waals surface area contributed by atoms with Gasteiger partial charge in [-0.05, 0) is 24.3 Å². The molecule has 2 aromatic carbocycles. The van der Waals surface area contributed by atoms with Crippen molar-refractivity contribution in [2.24, 2.45) is 0 Å². The number of halogens is 2. The predicted octanol–water partition coefficient (Wildman–Crippen LogP) is 4.14. The summed E-state index contributed by atoms with van der Waals surface area (Å²) in [4.78, 5) is -0.163. The Labute approximate surface area is 160 Å². The van der Waals surface area contributed by atoms with E-state index >= 15 is 0 Å². The fraction of sp³-hybridized carbons (Fsp3) is 0.118. The molecule has 0 radical (unpaired) electrons. The Kier molecular flexibility index (Phi) is 5.13. The van der Waals surface area contributed by atoms with Crippen LogP contribution in [-0.2, 0) is 9.05 Å². The van der Waals surface area contributed by atoms with Gasteiger partial charge in [0.15, 0.2) is 0 Å². The Bertz CT molecular complexity index is 1060. The zero-order valence-electron chi connectivity index (χ0n) is 13.8. The molecule has 0 atom stereocenters. The van der Waals surface area contributed by atoms with E-state index in [9.17, 15) is 8.42 Å². The van der Waals surface area contributed by atoms with Gasteiger partial charge in [-0.3, -0.25) is 0 Å². The van der Waals surface area contributed by atoms with Crippen molar-refractivity contribution in [3.05, 3.63) is 53.7 Å². The number of benzene rings is 2. The number of aromatic nitrogens is 2. The molecule has 1 heterocycles. The second-order valence-electron chi connectivity index (χ2n) is 5.22. The highest BCUT2D eigenvalue weighted by molar-refractivity contribution is 8.13. The fourth-order valence-corrected chi connectivity index (χ4v) is 3.80. The molecule has 136 valence electrons. The number of hydrogen-bond acceptors (Lipinski definition) is 5. The van der Waals surface area contributed by atoms with Gasteiger partial charge >= 0.3 is 0 Å². The van der Waals surface area contributed by atoms with Crippen LogP contribution in [0, 0.1) is 0 Å². The van der Waals surface area contributed by atoms with Crippen LogP contribution in [0.2, 0.25) is 5.02 Å². The number of para-hydroxylation sites is 1. The fourth-order valence-electron chi connectivity index (χ4n) is 2.58. The summed E-state index contributed by atoms with van der Waals surface area (Å²) in [5.74, 6) is 0.490. The Morgan fingerprint density at radius 1 is 1.04 bits per heavy atom. The summed E-state index contributed by atoms with van der Waals surface area (Å²) in [7, 11) is 4.36. The van der Waals surface area contributed by atoms with E-state index in [1.54, 1.807) is 35.1 Å². The number of rotatable bonds is 5. The van der Waals surface area contributed by atoms with E-state index < -0.39 is 9.05 Å². The van der Waals surface area contributed by atoms with Crippen LogP contribution in [0.25, 0.3) is 16.9 Å². The van der Waals surface area contributed by atoms with E-state index in [1.807, 2.05) is 6.07 Å². The Morgan fingerprint density at radius 3 is 2.35 bits per heavy atom. The zero-order valence-corrected chi connectivity index (χ0v) is 16.1. The molecule has 3 rings (SSSR count). The van der Waals surface area contributed by atoms with Gasteiger partial charge in [0.25, 0.3) is 9.05 Å². The summed E-state index contributed by atoms with van der Waals surface area (Å²) in [5, 5.41) is 4.79. The molecule has 0 aliphatic rings. The van der Waals surface area contributed by atoms with E-state index in [-0.39, 0.29) is 10.6 Å². The molecular weight excluding hydrogens is 399 g/mol. The molecule has 0 bridgehead atoms. The van der Waals surface area contributed by atoms with E-state index in [4.69, 9.17) is 31.8 Å². The molecule has 26 heavy (non-hydrogen) atoms. The van der Waals surface area contributed by atoms with Crippen LogP contribution in [-0.4, -0.2) is 32.4 Å². The van der Waals surface area contributed by atoms with E-state index in [0.29, 0.717) is 27.7 Å². The first-order valence-corrected chi connectivity index (χ1v) is 10.1. The Morgan fingerprint density at radius 2 is 1.73 bits per heavy atom. The summed E-state index contributed by atoms with van der Waals surface area (Å²) in [6, 6.07) is 11.8. The highest BCUT2D eigenvalue weighted by Crippen LogP contribution is 2.40. The second kappa shape index (κ2) is 7.19. The molecule has 0 saturated carbocycles. The minimum Gasteiger partial charge on any atom is -0.496 e. The van der Waals surface area contributed by atoms with Crippen molar-refractivity contribution in [1.29, 1.82) is 0 Å². The quantitative estimate of drug-likeness (QED) is 0.588. The van der Waals surface area contributed by atoms with Gasteiger partial charge in [0.1, 0.15) is 16.4 Å². The Hall–Kier alpha value is -2.22. The van der Waals surface area contributed by atoms with Gasteiger partial charge in [-0.1, -0.05) is 23.7 Å². The SMILES string of the molecule is COc1cc(OC)c(S(=O)(=O)Cl)cc1-c1ccnn1-c1ccccc1Cl. The lowest BCUT2D eigenvalue weighted by Crippen LogP contribution is -2.03. The summed E-state index contributed by atoms with van der Waals surface area (Å²) < 4.78 is 36.0.